The third kappa shape index (κ3) is 3.58. The average Bonchev–Trinajstić information content (AvgIpc) is 3.30. The van der Waals surface area contributed by atoms with Crippen molar-refractivity contribution >= 4 is 11.6 Å². The quantitative estimate of drug-likeness (QED) is 0.728. The van der Waals surface area contributed by atoms with Crippen molar-refractivity contribution in [1.82, 2.24) is 19.3 Å². The second kappa shape index (κ2) is 7.26. The molecule has 2 aromatic heterocycles. The number of aryl methyl sites for hydroxylation is 2. The van der Waals surface area contributed by atoms with Gasteiger partial charge in [0.1, 0.15) is 5.82 Å². The molecule has 3 heterocycles. The van der Waals surface area contributed by atoms with Crippen molar-refractivity contribution < 1.29 is 4.79 Å². The monoisotopic (exact) mass is 364 g/mol. The number of imidazole rings is 1. The zero-order chi connectivity index (χ0) is 18.8. The van der Waals surface area contributed by atoms with Crippen LogP contribution < -0.4 is 10.6 Å². The number of rotatable bonds is 6. The van der Waals surface area contributed by atoms with Gasteiger partial charge in [0.2, 0.25) is 5.91 Å². The number of nitrogens with two attached hydrogens (primary N) is 1. The van der Waals surface area contributed by atoms with Crippen LogP contribution in [0.25, 0.3) is 17.1 Å². The van der Waals surface area contributed by atoms with E-state index in [0.717, 1.165) is 30.0 Å². The number of nitrogens with zero attached hydrogens (tertiary/aromatic N) is 5. The molecule has 1 amide bonds. The van der Waals surface area contributed by atoms with Crippen LogP contribution in [-0.2, 0) is 17.8 Å². The van der Waals surface area contributed by atoms with Crippen molar-refractivity contribution in [1.29, 1.82) is 0 Å². The Bertz CT molecular complexity index is 957. The first-order chi connectivity index (χ1) is 13.1. The van der Waals surface area contributed by atoms with E-state index in [1.54, 1.807) is 0 Å². The predicted octanol–water partition coefficient (Wildman–Crippen LogP) is 2.38. The van der Waals surface area contributed by atoms with Gasteiger partial charge in [-0.25, -0.2) is 4.98 Å². The van der Waals surface area contributed by atoms with Gasteiger partial charge in [-0.1, -0.05) is 0 Å². The topological polar surface area (TPSA) is 82.0 Å². The highest BCUT2D eigenvalue weighted by molar-refractivity contribution is 5.73. The third-order valence-corrected chi connectivity index (χ3v) is 5.04. The standard InChI is InChI=1S/C20H24N6O/c1-24-9-2-4-15-12-16(6-7-18(15)24)20-22-8-11-26(20)17-13-23-25(14-17)10-3-5-19(21)27/h6-8,11-14H,2-5,9-10H2,1H3,(H2,21,27). The molecule has 2 N–H and O–H groups in total. The van der Waals surface area contributed by atoms with Gasteiger partial charge >= 0.3 is 0 Å². The van der Waals surface area contributed by atoms with Gasteiger partial charge in [-0.3, -0.25) is 14.0 Å². The van der Waals surface area contributed by atoms with Crippen molar-refractivity contribution in [2.45, 2.75) is 32.2 Å². The molecule has 1 aliphatic rings. The minimum Gasteiger partial charge on any atom is -0.374 e. The highest BCUT2D eigenvalue weighted by atomic mass is 16.1. The lowest BCUT2D eigenvalue weighted by atomic mass is 9.99. The predicted molar refractivity (Wildman–Crippen MR) is 105 cm³/mol. The van der Waals surface area contributed by atoms with Gasteiger partial charge in [-0.05, 0) is 43.0 Å². The summed E-state index contributed by atoms with van der Waals surface area (Å²) >= 11 is 0. The summed E-state index contributed by atoms with van der Waals surface area (Å²) in [6.07, 6.45) is 10.9. The lowest BCUT2D eigenvalue weighted by Gasteiger charge is -2.27. The highest BCUT2D eigenvalue weighted by Crippen LogP contribution is 2.31. The van der Waals surface area contributed by atoms with Gasteiger partial charge in [0.05, 0.1) is 11.9 Å². The molecular weight excluding hydrogens is 340 g/mol. The SMILES string of the molecule is CN1CCCc2cc(-c3nccn3-c3cnn(CCCC(N)=O)c3)ccc21. The molecule has 0 bridgehead atoms. The molecule has 1 aromatic carbocycles. The maximum atomic E-state index is 10.9. The normalized spacial score (nSPS) is 13.6. The molecule has 0 atom stereocenters. The fourth-order valence-electron chi connectivity index (χ4n) is 3.66. The minimum absolute atomic E-state index is 0.280. The molecule has 27 heavy (non-hydrogen) atoms. The van der Waals surface area contributed by atoms with E-state index in [-0.39, 0.29) is 5.91 Å². The summed E-state index contributed by atoms with van der Waals surface area (Å²) in [6.45, 7) is 1.77. The number of anilines is 1. The van der Waals surface area contributed by atoms with Crippen molar-refractivity contribution in [2.24, 2.45) is 5.73 Å². The van der Waals surface area contributed by atoms with Gasteiger partial charge in [0, 0.05) is 56.4 Å². The first-order valence-corrected chi connectivity index (χ1v) is 9.31. The smallest absolute Gasteiger partial charge is 0.217 e. The van der Waals surface area contributed by atoms with Crippen LogP contribution in [0.2, 0.25) is 0 Å². The summed E-state index contributed by atoms with van der Waals surface area (Å²) in [4.78, 5) is 17.8. The molecule has 3 aromatic rings. The maximum absolute atomic E-state index is 10.9. The summed E-state index contributed by atoms with van der Waals surface area (Å²) < 4.78 is 3.88. The molecule has 1 aliphatic heterocycles. The van der Waals surface area contributed by atoms with Gasteiger partial charge in [-0.15, -0.1) is 0 Å². The fraction of sp³-hybridized carbons (Fsp3) is 0.350. The Morgan fingerprint density at radius 1 is 1.33 bits per heavy atom. The number of carbonyl (C=O) groups is 1. The van der Waals surface area contributed by atoms with Crippen LogP contribution in [-0.4, -0.2) is 38.8 Å². The number of benzene rings is 1. The Hall–Kier alpha value is -3.09. The number of fused-ring (bicyclic) bond motifs is 1. The van der Waals surface area contributed by atoms with E-state index in [1.807, 2.05) is 34.0 Å². The zero-order valence-electron chi connectivity index (χ0n) is 15.5. The van der Waals surface area contributed by atoms with E-state index >= 15 is 0 Å². The van der Waals surface area contributed by atoms with Crippen LogP contribution in [0.3, 0.4) is 0 Å². The maximum Gasteiger partial charge on any atom is 0.217 e. The summed E-state index contributed by atoms with van der Waals surface area (Å²) in [5, 5.41) is 4.39. The first-order valence-electron chi connectivity index (χ1n) is 9.31. The van der Waals surface area contributed by atoms with Gasteiger partial charge in [-0.2, -0.15) is 5.10 Å². The van der Waals surface area contributed by atoms with E-state index in [0.29, 0.717) is 19.4 Å². The zero-order valence-corrected chi connectivity index (χ0v) is 15.5. The van der Waals surface area contributed by atoms with Crippen LogP contribution in [0, 0.1) is 0 Å². The summed E-state index contributed by atoms with van der Waals surface area (Å²) in [7, 11) is 2.14. The molecule has 0 spiro atoms. The largest absolute Gasteiger partial charge is 0.374 e. The fourth-order valence-corrected chi connectivity index (χ4v) is 3.66. The Morgan fingerprint density at radius 3 is 3.07 bits per heavy atom. The van der Waals surface area contributed by atoms with Crippen molar-refractivity contribution in [3.8, 4) is 17.1 Å². The van der Waals surface area contributed by atoms with Crippen molar-refractivity contribution in [3.63, 3.8) is 0 Å². The molecule has 0 saturated carbocycles. The van der Waals surface area contributed by atoms with Crippen molar-refractivity contribution in [3.05, 3.63) is 48.5 Å². The first kappa shape index (κ1) is 17.3. The molecule has 4 rings (SSSR count). The number of carbonyl (C=O) groups excluding carboxylic acids is 1. The lowest BCUT2D eigenvalue weighted by Crippen LogP contribution is -2.24. The Labute approximate surface area is 158 Å². The summed E-state index contributed by atoms with van der Waals surface area (Å²) in [5.41, 5.74) is 9.94. The molecule has 0 fully saturated rings. The van der Waals surface area contributed by atoms with Gasteiger partial charge in [0.25, 0.3) is 0 Å². The highest BCUT2D eigenvalue weighted by Gasteiger charge is 2.16. The Balaban J connectivity index is 1.59. The molecule has 140 valence electrons. The second-order valence-electron chi connectivity index (χ2n) is 7.02. The molecule has 7 heteroatoms. The van der Waals surface area contributed by atoms with E-state index in [2.05, 4.69) is 40.2 Å². The van der Waals surface area contributed by atoms with Crippen LogP contribution in [0.1, 0.15) is 24.8 Å². The second-order valence-corrected chi connectivity index (χ2v) is 7.02. The van der Waals surface area contributed by atoms with Crippen LogP contribution >= 0.6 is 0 Å². The number of hydrogen-bond donors (Lipinski definition) is 1. The molecule has 7 nitrogen and oxygen atoms in total. The molecular formula is C20H24N6O. The minimum atomic E-state index is -0.280. The lowest BCUT2D eigenvalue weighted by molar-refractivity contribution is -0.118. The van der Waals surface area contributed by atoms with Crippen LogP contribution in [0.15, 0.2) is 43.0 Å². The number of aromatic nitrogens is 4. The van der Waals surface area contributed by atoms with E-state index < -0.39 is 0 Å². The third-order valence-electron chi connectivity index (χ3n) is 5.04. The van der Waals surface area contributed by atoms with Crippen molar-refractivity contribution in [2.75, 3.05) is 18.5 Å². The van der Waals surface area contributed by atoms with E-state index in [1.165, 1.54) is 17.7 Å². The Morgan fingerprint density at radius 2 is 2.22 bits per heavy atom. The molecule has 0 aliphatic carbocycles. The Kier molecular flexibility index (Phi) is 4.66. The van der Waals surface area contributed by atoms with Gasteiger partial charge in [0.15, 0.2) is 0 Å². The number of hydrogen-bond acceptors (Lipinski definition) is 4. The van der Waals surface area contributed by atoms with E-state index in [9.17, 15) is 4.79 Å². The van der Waals surface area contributed by atoms with Crippen LogP contribution in [0.5, 0.6) is 0 Å². The van der Waals surface area contributed by atoms with Gasteiger partial charge < -0.3 is 10.6 Å². The number of primary amides is 1. The number of amides is 1. The molecule has 0 radical (unpaired) electrons. The van der Waals surface area contributed by atoms with Crippen LogP contribution in [0.4, 0.5) is 5.69 Å². The summed E-state index contributed by atoms with van der Waals surface area (Å²) in [6, 6.07) is 6.58. The molecule has 0 unspecified atom stereocenters. The summed E-state index contributed by atoms with van der Waals surface area (Å²) in [5.74, 6) is 0.625. The molecule has 0 saturated heterocycles. The van der Waals surface area contributed by atoms with E-state index in [4.69, 9.17) is 5.73 Å². The average molecular weight is 364 g/mol.